The summed E-state index contributed by atoms with van der Waals surface area (Å²) >= 11 is 0. The summed E-state index contributed by atoms with van der Waals surface area (Å²) in [5, 5.41) is 3.41. The molecule has 108 valence electrons. The molecule has 1 aromatic heterocycles. The Balaban J connectivity index is 2.07. The van der Waals surface area contributed by atoms with E-state index in [4.69, 9.17) is 4.98 Å². The van der Waals surface area contributed by atoms with Gasteiger partial charge in [0.25, 0.3) is 0 Å². The predicted molar refractivity (Wildman–Crippen MR) is 79.7 cm³/mol. The van der Waals surface area contributed by atoms with Gasteiger partial charge in [0.15, 0.2) is 0 Å². The van der Waals surface area contributed by atoms with E-state index in [1.54, 1.807) is 0 Å². The minimum absolute atomic E-state index is 0.0914. The maximum Gasteiger partial charge on any atom is 0.113 e. The van der Waals surface area contributed by atoms with E-state index in [-0.39, 0.29) is 5.41 Å². The maximum absolute atomic E-state index is 4.84. The van der Waals surface area contributed by atoms with Gasteiger partial charge in [0.2, 0.25) is 0 Å². The number of H-pyrrole nitrogens is 1. The lowest BCUT2D eigenvalue weighted by Crippen LogP contribution is -2.48. The van der Waals surface area contributed by atoms with E-state index in [9.17, 15) is 0 Å². The highest BCUT2D eigenvalue weighted by atomic mass is 15.2. The van der Waals surface area contributed by atoms with Gasteiger partial charge in [-0.3, -0.25) is 4.90 Å². The smallest absolute Gasteiger partial charge is 0.113 e. The topological polar surface area (TPSA) is 44.0 Å². The molecule has 0 unspecified atom stereocenters. The molecular formula is C15H28N4. The van der Waals surface area contributed by atoms with Gasteiger partial charge in [-0.15, -0.1) is 0 Å². The zero-order valence-corrected chi connectivity index (χ0v) is 12.8. The standard InChI is InChI=1S/C15H28N4/c1-5-6-13-12(2)17-14(18-13)15(3,4)11-19-9-7-16-8-10-19/h16H,5-11H2,1-4H3,(H,17,18). The molecule has 1 fully saturated rings. The average Bonchev–Trinajstić information content (AvgIpc) is 2.73. The van der Waals surface area contributed by atoms with Crippen LogP contribution in [0.4, 0.5) is 0 Å². The zero-order chi connectivity index (χ0) is 13.9. The molecular weight excluding hydrogens is 236 g/mol. The molecule has 19 heavy (non-hydrogen) atoms. The fourth-order valence-corrected chi connectivity index (χ4v) is 2.80. The minimum atomic E-state index is 0.0914. The van der Waals surface area contributed by atoms with Crippen LogP contribution >= 0.6 is 0 Å². The first-order valence-electron chi connectivity index (χ1n) is 7.52. The summed E-state index contributed by atoms with van der Waals surface area (Å²) in [4.78, 5) is 10.9. The van der Waals surface area contributed by atoms with Gasteiger partial charge < -0.3 is 10.3 Å². The Morgan fingerprint density at radius 3 is 2.58 bits per heavy atom. The molecule has 1 saturated heterocycles. The molecule has 4 nitrogen and oxygen atoms in total. The number of aromatic amines is 1. The van der Waals surface area contributed by atoms with Crippen molar-refractivity contribution < 1.29 is 0 Å². The fraction of sp³-hybridized carbons (Fsp3) is 0.800. The largest absolute Gasteiger partial charge is 0.345 e. The summed E-state index contributed by atoms with van der Waals surface area (Å²) in [6.45, 7) is 14.5. The first kappa shape index (κ1) is 14.5. The number of nitrogens with one attached hydrogen (secondary N) is 2. The van der Waals surface area contributed by atoms with E-state index in [1.807, 2.05) is 0 Å². The van der Waals surface area contributed by atoms with E-state index in [0.29, 0.717) is 0 Å². The van der Waals surface area contributed by atoms with Crippen LogP contribution in [0, 0.1) is 6.92 Å². The van der Waals surface area contributed by atoms with Gasteiger partial charge >= 0.3 is 0 Å². The molecule has 0 atom stereocenters. The highest BCUT2D eigenvalue weighted by Gasteiger charge is 2.28. The zero-order valence-electron chi connectivity index (χ0n) is 12.8. The molecule has 0 aromatic carbocycles. The van der Waals surface area contributed by atoms with E-state index in [1.165, 1.54) is 11.4 Å². The van der Waals surface area contributed by atoms with Gasteiger partial charge in [-0.2, -0.15) is 0 Å². The second-order valence-corrected chi connectivity index (χ2v) is 6.32. The van der Waals surface area contributed by atoms with Crippen LogP contribution in [-0.2, 0) is 11.8 Å². The lowest BCUT2D eigenvalue weighted by molar-refractivity contribution is 0.196. The third-order valence-electron chi connectivity index (χ3n) is 3.94. The minimum Gasteiger partial charge on any atom is -0.345 e. The van der Waals surface area contributed by atoms with Crippen molar-refractivity contribution in [3.05, 3.63) is 17.2 Å². The van der Waals surface area contributed by atoms with Crippen molar-refractivity contribution in [2.75, 3.05) is 32.7 Å². The number of rotatable bonds is 5. The molecule has 2 heterocycles. The van der Waals surface area contributed by atoms with E-state index in [2.05, 4.69) is 42.9 Å². The molecule has 0 spiro atoms. The highest BCUT2D eigenvalue weighted by molar-refractivity contribution is 5.18. The lowest BCUT2D eigenvalue weighted by atomic mass is 9.91. The number of piperazine rings is 1. The second-order valence-electron chi connectivity index (χ2n) is 6.32. The summed E-state index contributed by atoms with van der Waals surface area (Å²) < 4.78 is 0. The van der Waals surface area contributed by atoms with Crippen molar-refractivity contribution in [3.8, 4) is 0 Å². The van der Waals surface area contributed by atoms with Gasteiger partial charge in [0.05, 0.1) is 5.69 Å². The maximum atomic E-state index is 4.84. The van der Waals surface area contributed by atoms with Crippen molar-refractivity contribution in [1.82, 2.24) is 20.2 Å². The summed E-state index contributed by atoms with van der Waals surface area (Å²) in [5.74, 6) is 1.15. The summed E-state index contributed by atoms with van der Waals surface area (Å²) in [6, 6.07) is 0. The monoisotopic (exact) mass is 264 g/mol. The number of hydrogen-bond donors (Lipinski definition) is 2. The molecule has 2 rings (SSSR count). The molecule has 2 N–H and O–H groups in total. The normalized spacial score (nSPS) is 17.9. The van der Waals surface area contributed by atoms with E-state index in [0.717, 1.165) is 51.4 Å². The Morgan fingerprint density at radius 2 is 1.95 bits per heavy atom. The first-order chi connectivity index (χ1) is 9.03. The quantitative estimate of drug-likeness (QED) is 0.853. The Labute approximate surface area is 117 Å². The Kier molecular flexibility index (Phi) is 4.63. The predicted octanol–water partition coefficient (Wildman–Crippen LogP) is 1.85. The first-order valence-corrected chi connectivity index (χ1v) is 7.52. The average molecular weight is 264 g/mol. The van der Waals surface area contributed by atoms with Crippen LogP contribution in [0.15, 0.2) is 0 Å². The number of hydrogen-bond acceptors (Lipinski definition) is 3. The number of aryl methyl sites for hydroxylation is 2. The van der Waals surface area contributed by atoms with Crippen molar-refractivity contribution in [2.45, 2.75) is 46.0 Å². The van der Waals surface area contributed by atoms with Gasteiger partial charge in [-0.05, 0) is 13.3 Å². The lowest BCUT2D eigenvalue weighted by Gasteiger charge is -2.34. The van der Waals surface area contributed by atoms with Gasteiger partial charge in [-0.25, -0.2) is 4.98 Å². The van der Waals surface area contributed by atoms with Gasteiger partial charge in [-0.1, -0.05) is 27.2 Å². The third kappa shape index (κ3) is 3.57. The van der Waals surface area contributed by atoms with Crippen molar-refractivity contribution in [1.29, 1.82) is 0 Å². The molecule has 1 aliphatic rings. The summed E-state index contributed by atoms with van der Waals surface area (Å²) in [6.07, 6.45) is 2.23. The van der Waals surface area contributed by atoms with Crippen LogP contribution in [0.2, 0.25) is 0 Å². The Hall–Kier alpha value is -0.870. The molecule has 1 aliphatic heterocycles. The SMILES string of the molecule is CCCc1nc(C(C)(C)CN2CCNCC2)[nH]c1C. The van der Waals surface area contributed by atoms with Crippen LogP contribution < -0.4 is 5.32 Å². The van der Waals surface area contributed by atoms with Crippen LogP contribution in [0.25, 0.3) is 0 Å². The van der Waals surface area contributed by atoms with Crippen molar-refractivity contribution in [2.24, 2.45) is 0 Å². The van der Waals surface area contributed by atoms with Crippen LogP contribution in [-0.4, -0.2) is 47.6 Å². The number of nitrogens with zero attached hydrogens (tertiary/aromatic N) is 2. The highest BCUT2D eigenvalue weighted by Crippen LogP contribution is 2.23. The van der Waals surface area contributed by atoms with Crippen LogP contribution in [0.3, 0.4) is 0 Å². The molecule has 0 aliphatic carbocycles. The molecule has 1 aromatic rings. The Bertz CT molecular complexity index is 402. The van der Waals surface area contributed by atoms with Gasteiger partial charge in [0, 0.05) is 43.8 Å². The van der Waals surface area contributed by atoms with E-state index >= 15 is 0 Å². The van der Waals surface area contributed by atoms with E-state index < -0.39 is 0 Å². The number of imidazole rings is 1. The van der Waals surface area contributed by atoms with Crippen LogP contribution in [0.1, 0.15) is 44.4 Å². The van der Waals surface area contributed by atoms with Crippen molar-refractivity contribution >= 4 is 0 Å². The summed E-state index contributed by atoms with van der Waals surface area (Å²) in [7, 11) is 0. The third-order valence-corrected chi connectivity index (χ3v) is 3.94. The molecule has 0 bridgehead atoms. The Morgan fingerprint density at radius 1 is 1.26 bits per heavy atom. The van der Waals surface area contributed by atoms with Crippen molar-refractivity contribution in [3.63, 3.8) is 0 Å². The van der Waals surface area contributed by atoms with Gasteiger partial charge in [0.1, 0.15) is 5.82 Å². The fourth-order valence-electron chi connectivity index (χ4n) is 2.80. The summed E-state index contributed by atoms with van der Waals surface area (Å²) in [5.41, 5.74) is 2.57. The molecule has 0 saturated carbocycles. The molecule has 0 radical (unpaired) electrons. The second kappa shape index (κ2) is 6.06. The van der Waals surface area contributed by atoms with Crippen LogP contribution in [0.5, 0.6) is 0 Å². The molecule has 0 amide bonds. The number of aromatic nitrogens is 2. The molecule has 4 heteroatoms.